The van der Waals surface area contributed by atoms with Crippen LogP contribution in [0.1, 0.15) is 5.69 Å². The molecule has 2 aromatic heterocycles. The molecular formula is C11H16F2N4OS. The Labute approximate surface area is 113 Å². The minimum Gasteiger partial charge on any atom is -0.395 e. The zero-order chi connectivity index (χ0) is 13.8. The van der Waals surface area contributed by atoms with Crippen LogP contribution < -0.4 is 10.2 Å². The molecule has 5 nitrogen and oxygen atoms in total. The second-order valence-corrected chi connectivity index (χ2v) is 4.90. The first kappa shape index (κ1) is 14.2. The molecule has 8 heteroatoms. The molecule has 2 N–H and O–H groups in total. The average molecular weight is 290 g/mol. The fourth-order valence-electron chi connectivity index (χ4n) is 1.98. The van der Waals surface area contributed by atoms with Gasteiger partial charge in [0.25, 0.3) is 6.43 Å². The van der Waals surface area contributed by atoms with Crippen molar-refractivity contribution in [3.8, 4) is 0 Å². The molecule has 0 aliphatic rings. The first-order chi connectivity index (χ1) is 9.17. The molecule has 0 aromatic carbocycles. The molecule has 0 radical (unpaired) electrons. The molecule has 0 fully saturated rings. The number of imidazole rings is 1. The largest absolute Gasteiger partial charge is 0.395 e. The van der Waals surface area contributed by atoms with Crippen LogP contribution in [0.15, 0.2) is 11.6 Å². The predicted octanol–water partition coefficient (Wildman–Crippen LogP) is 1.18. The van der Waals surface area contributed by atoms with E-state index in [-0.39, 0.29) is 13.2 Å². The molecule has 0 saturated carbocycles. The molecule has 2 heterocycles. The second-order valence-electron chi connectivity index (χ2n) is 4.03. The number of hydrogen-bond acceptors (Lipinski definition) is 5. The van der Waals surface area contributed by atoms with Crippen molar-refractivity contribution in [3.63, 3.8) is 0 Å². The smallest absolute Gasteiger partial charge is 0.255 e. The molecule has 0 saturated heterocycles. The Kier molecular flexibility index (Phi) is 4.67. The summed E-state index contributed by atoms with van der Waals surface area (Å²) in [6, 6.07) is 0. The maximum atomic E-state index is 12.6. The van der Waals surface area contributed by atoms with Crippen LogP contribution in [0, 0.1) is 0 Å². The van der Waals surface area contributed by atoms with Crippen LogP contribution in [0.5, 0.6) is 0 Å². The van der Waals surface area contributed by atoms with Gasteiger partial charge in [-0.2, -0.15) is 0 Å². The van der Waals surface area contributed by atoms with Crippen molar-refractivity contribution in [3.05, 3.63) is 17.3 Å². The minimum atomic E-state index is -2.46. The molecule has 2 rings (SSSR count). The van der Waals surface area contributed by atoms with Crippen molar-refractivity contribution < 1.29 is 13.9 Å². The lowest BCUT2D eigenvalue weighted by Crippen LogP contribution is -2.33. The van der Waals surface area contributed by atoms with E-state index in [4.69, 9.17) is 5.11 Å². The number of rotatable bonds is 7. The van der Waals surface area contributed by atoms with Gasteiger partial charge < -0.3 is 15.3 Å². The van der Waals surface area contributed by atoms with Crippen LogP contribution in [0.25, 0.3) is 4.96 Å². The van der Waals surface area contributed by atoms with Gasteiger partial charge in [0.05, 0.1) is 18.8 Å². The third-order valence-electron chi connectivity index (χ3n) is 2.71. The molecule has 0 aliphatic heterocycles. The Bertz CT molecular complexity index is 528. The number of hydrogen-bond donors (Lipinski definition) is 2. The average Bonchev–Trinajstić information content (AvgIpc) is 2.91. The molecule has 0 amide bonds. The number of aliphatic hydroxyl groups excluding tert-OH is 1. The lowest BCUT2D eigenvalue weighted by molar-refractivity contribution is 0.152. The quantitative estimate of drug-likeness (QED) is 0.804. The van der Waals surface area contributed by atoms with Crippen molar-refractivity contribution in [2.75, 3.05) is 31.6 Å². The summed E-state index contributed by atoms with van der Waals surface area (Å²) in [6.45, 7) is 0.0588. The van der Waals surface area contributed by atoms with E-state index in [1.54, 1.807) is 7.05 Å². The van der Waals surface area contributed by atoms with Gasteiger partial charge in [0.2, 0.25) is 0 Å². The number of thiazole rings is 1. The zero-order valence-electron chi connectivity index (χ0n) is 10.5. The van der Waals surface area contributed by atoms with Gasteiger partial charge in [-0.05, 0) is 7.05 Å². The summed E-state index contributed by atoms with van der Waals surface area (Å²) in [5, 5.41) is 13.9. The van der Waals surface area contributed by atoms with Gasteiger partial charge in [0.15, 0.2) is 10.8 Å². The lowest BCUT2D eigenvalue weighted by Gasteiger charge is -2.22. The Morgan fingerprint density at radius 1 is 1.58 bits per heavy atom. The third kappa shape index (κ3) is 3.02. The molecule has 0 unspecified atom stereocenters. The van der Waals surface area contributed by atoms with Gasteiger partial charge in [0, 0.05) is 24.7 Å². The molecular weight excluding hydrogens is 274 g/mol. The number of fused-ring (bicyclic) bond motifs is 1. The monoisotopic (exact) mass is 290 g/mol. The van der Waals surface area contributed by atoms with E-state index in [1.807, 2.05) is 16.0 Å². The highest BCUT2D eigenvalue weighted by Gasteiger charge is 2.20. The van der Waals surface area contributed by atoms with Crippen LogP contribution in [-0.2, 0) is 6.54 Å². The Balaban J connectivity index is 2.38. The third-order valence-corrected chi connectivity index (χ3v) is 3.47. The molecule has 106 valence electrons. The van der Waals surface area contributed by atoms with Gasteiger partial charge in [-0.1, -0.05) is 0 Å². The summed E-state index contributed by atoms with van der Waals surface area (Å²) in [6.07, 6.45) is -0.600. The summed E-state index contributed by atoms with van der Waals surface area (Å²) >= 11 is 1.45. The van der Waals surface area contributed by atoms with Crippen molar-refractivity contribution in [2.45, 2.75) is 13.0 Å². The number of alkyl halides is 2. The molecule has 0 spiro atoms. The maximum Gasteiger partial charge on any atom is 0.255 e. The number of nitrogens with one attached hydrogen (secondary N) is 1. The molecule has 0 aliphatic carbocycles. The number of nitrogens with zero attached hydrogens (tertiary/aromatic N) is 3. The Morgan fingerprint density at radius 2 is 2.37 bits per heavy atom. The van der Waals surface area contributed by atoms with E-state index in [0.29, 0.717) is 12.4 Å². The normalized spacial score (nSPS) is 11.6. The number of aliphatic hydroxyl groups is 1. The van der Waals surface area contributed by atoms with E-state index in [2.05, 4.69) is 10.3 Å². The molecule has 2 aromatic rings. The van der Waals surface area contributed by atoms with Crippen LogP contribution >= 0.6 is 11.3 Å². The van der Waals surface area contributed by atoms with Crippen LogP contribution in [0.3, 0.4) is 0 Å². The molecule has 0 atom stereocenters. The zero-order valence-corrected chi connectivity index (χ0v) is 11.3. The van der Waals surface area contributed by atoms with E-state index in [0.717, 1.165) is 10.7 Å². The highest BCUT2D eigenvalue weighted by Crippen LogP contribution is 2.25. The Hall–Kier alpha value is -1.25. The van der Waals surface area contributed by atoms with Gasteiger partial charge in [-0.25, -0.2) is 13.8 Å². The summed E-state index contributed by atoms with van der Waals surface area (Å²) in [5.74, 6) is 0.510. The van der Waals surface area contributed by atoms with Crippen molar-refractivity contribution >= 4 is 22.1 Å². The van der Waals surface area contributed by atoms with Gasteiger partial charge >= 0.3 is 0 Å². The summed E-state index contributed by atoms with van der Waals surface area (Å²) in [4.78, 5) is 6.58. The number of aromatic nitrogens is 2. The first-order valence-corrected chi connectivity index (χ1v) is 6.78. The van der Waals surface area contributed by atoms with E-state index in [9.17, 15) is 8.78 Å². The van der Waals surface area contributed by atoms with Crippen molar-refractivity contribution in [2.24, 2.45) is 0 Å². The maximum absolute atomic E-state index is 12.6. The van der Waals surface area contributed by atoms with Crippen LogP contribution in [-0.4, -0.2) is 47.7 Å². The summed E-state index contributed by atoms with van der Waals surface area (Å²) < 4.78 is 27.1. The van der Waals surface area contributed by atoms with Crippen molar-refractivity contribution in [1.29, 1.82) is 0 Å². The highest BCUT2D eigenvalue weighted by atomic mass is 32.1. The SMILES string of the molecule is CNCc1c(N(CCO)CC(F)F)nc2sccn12. The lowest BCUT2D eigenvalue weighted by atomic mass is 10.3. The van der Waals surface area contributed by atoms with Crippen molar-refractivity contribution in [1.82, 2.24) is 14.7 Å². The highest BCUT2D eigenvalue weighted by molar-refractivity contribution is 7.15. The molecule has 0 bridgehead atoms. The number of halogens is 2. The van der Waals surface area contributed by atoms with Gasteiger partial charge in [0.1, 0.15) is 0 Å². The summed E-state index contributed by atoms with van der Waals surface area (Å²) in [5.41, 5.74) is 0.827. The predicted molar refractivity (Wildman–Crippen MR) is 71.1 cm³/mol. The topological polar surface area (TPSA) is 52.8 Å². The van der Waals surface area contributed by atoms with Gasteiger partial charge in [-0.15, -0.1) is 11.3 Å². The first-order valence-electron chi connectivity index (χ1n) is 5.90. The summed E-state index contributed by atoms with van der Waals surface area (Å²) in [7, 11) is 1.79. The van der Waals surface area contributed by atoms with Gasteiger partial charge in [-0.3, -0.25) is 4.40 Å². The van der Waals surface area contributed by atoms with E-state index >= 15 is 0 Å². The fourth-order valence-corrected chi connectivity index (χ4v) is 2.71. The standard InChI is InChI=1S/C11H16F2N4OS/c1-14-6-8-10(15-11-17(8)3-5-19-11)16(2-4-18)7-9(12)13/h3,5,9,14,18H,2,4,6-7H2,1H3. The Morgan fingerprint density at radius 3 is 3.00 bits per heavy atom. The molecule has 19 heavy (non-hydrogen) atoms. The van der Waals surface area contributed by atoms with E-state index < -0.39 is 13.0 Å². The minimum absolute atomic E-state index is 0.145. The van der Waals surface area contributed by atoms with E-state index in [1.165, 1.54) is 16.2 Å². The second kappa shape index (κ2) is 6.27. The number of anilines is 1. The van der Waals surface area contributed by atoms with Crippen LogP contribution in [0.4, 0.5) is 14.6 Å². The van der Waals surface area contributed by atoms with Crippen LogP contribution in [0.2, 0.25) is 0 Å². The fraction of sp³-hybridized carbons (Fsp3) is 0.545.